The molecule has 0 saturated heterocycles. The maximum atomic E-state index is 6.03. The van der Waals surface area contributed by atoms with Crippen molar-refractivity contribution in [2.24, 2.45) is 0 Å². The molecule has 1 aromatic carbocycles. The van der Waals surface area contributed by atoms with Crippen LogP contribution in [0.2, 0.25) is 15.1 Å². The normalized spacial score (nSPS) is 10.5. The minimum atomic E-state index is 0.500. The van der Waals surface area contributed by atoms with Gasteiger partial charge in [0, 0.05) is 11.1 Å². The van der Waals surface area contributed by atoms with Crippen molar-refractivity contribution in [3.05, 3.63) is 45.7 Å². The average Bonchev–Trinajstić information content (AvgIpc) is 2.28. The highest BCUT2D eigenvalue weighted by atomic mass is 35.5. The second kappa shape index (κ2) is 5.36. The summed E-state index contributed by atoms with van der Waals surface area (Å²) in [7, 11) is 0. The SMILES string of the molecule is Nc1cncc(Cl)c1Sc1ccc(Cl)c(Cl)c1. The van der Waals surface area contributed by atoms with Gasteiger partial charge in [0.2, 0.25) is 0 Å². The van der Waals surface area contributed by atoms with Crippen LogP contribution in [-0.4, -0.2) is 4.98 Å². The van der Waals surface area contributed by atoms with E-state index in [2.05, 4.69) is 4.98 Å². The molecule has 17 heavy (non-hydrogen) atoms. The molecule has 0 unspecified atom stereocenters. The predicted octanol–water partition coefficient (Wildman–Crippen LogP) is 4.78. The summed E-state index contributed by atoms with van der Waals surface area (Å²) in [6.45, 7) is 0. The first kappa shape index (κ1) is 12.8. The van der Waals surface area contributed by atoms with E-state index >= 15 is 0 Å². The molecule has 0 atom stereocenters. The molecule has 0 saturated carbocycles. The third-order valence-corrected chi connectivity index (χ3v) is 4.28. The smallest absolute Gasteiger partial charge is 0.0749 e. The van der Waals surface area contributed by atoms with Crippen molar-refractivity contribution in [3.8, 4) is 0 Å². The van der Waals surface area contributed by atoms with E-state index in [0.29, 0.717) is 20.8 Å². The maximum Gasteiger partial charge on any atom is 0.0749 e. The first-order chi connectivity index (χ1) is 8.08. The number of aromatic nitrogens is 1. The number of hydrogen-bond donors (Lipinski definition) is 1. The molecular weight excluding hydrogens is 299 g/mol. The number of anilines is 1. The summed E-state index contributed by atoms with van der Waals surface area (Å²) in [5.74, 6) is 0. The van der Waals surface area contributed by atoms with Crippen LogP contribution in [0.1, 0.15) is 0 Å². The molecule has 2 aromatic rings. The van der Waals surface area contributed by atoms with E-state index in [9.17, 15) is 0 Å². The number of halogens is 3. The highest BCUT2D eigenvalue weighted by Crippen LogP contribution is 2.38. The second-order valence-electron chi connectivity index (χ2n) is 3.22. The number of nitrogens with zero attached hydrogens (tertiary/aromatic N) is 1. The van der Waals surface area contributed by atoms with E-state index in [-0.39, 0.29) is 0 Å². The standard InChI is InChI=1S/C11H7Cl3N2S/c12-7-2-1-6(3-8(7)13)17-11-9(14)4-16-5-10(11)15/h1-5H,15H2. The van der Waals surface area contributed by atoms with Crippen LogP contribution in [0.5, 0.6) is 0 Å². The zero-order valence-electron chi connectivity index (χ0n) is 8.45. The van der Waals surface area contributed by atoms with Crippen LogP contribution >= 0.6 is 46.6 Å². The molecule has 2 nitrogen and oxygen atoms in total. The van der Waals surface area contributed by atoms with Crippen LogP contribution in [0.3, 0.4) is 0 Å². The fraction of sp³-hybridized carbons (Fsp3) is 0. The Bertz CT molecular complexity index is 540. The minimum absolute atomic E-state index is 0.500. The molecule has 0 amide bonds. The molecule has 0 aliphatic rings. The van der Waals surface area contributed by atoms with Gasteiger partial charge in [0.15, 0.2) is 0 Å². The molecular formula is C11H7Cl3N2S. The molecule has 0 radical (unpaired) electrons. The molecule has 0 bridgehead atoms. The number of hydrogen-bond acceptors (Lipinski definition) is 3. The average molecular weight is 306 g/mol. The summed E-state index contributed by atoms with van der Waals surface area (Å²) >= 11 is 19.2. The van der Waals surface area contributed by atoms with Crippen molar-refractivity contribution in [1.29, 1.82) is 0 Å². The number of benzene rings is 1. The van der Waals surface area contributed by atoms with Crippen LogP contribution in [0.4, 0.5) is 5.69 Å². The van der Waals surface area contributed by atoms with E-state index in [1.807, 2.05) is 6.07 Å². The van der Waals surface area contributed by atoms with Gasteiger partial charge in [0.1, 0.15) is 0 Å². The van der Waals surface area contributed by atoms with Crippen molar-refractivity contribution in [3.63, 3.8) is 0 Å². The zero-order valence-corrected chi connectivity index (χ0v) is 11.5. The molecule has 0 fully saturated rings. The Morgan fingerprint density at radius 2 is 1.76 bits per heavy atom. The van der Waals surface area contributed by atoms with Gasteiger partial charge < -0.3 is 5.73 Å². The zero-order chi connectivity index (χ0) is 12.4. The first-order valence-corrected chi connectivity index (χ1v) is 6.55. The molecule has 2 rings (SSSR count). The number of pyridine rings is 1. The van der Waals surface area contributed by atoms with Crippen LogP contribution in [0.15, 0.2) is 40.4 Å². The Kier molecular flexibility index (Phi) is 4.05. The molecule has 2 N–H and O–H groups in total. The fourth-order valence-corrected chi connectivity index (χ4v) is 2.72. The van der Waals surface area contributed by atoms with Gasteiger partial charge in [-0.25, -0.2) is 0 Å². The van der Waals surface area contributed by atoms with Gasteiger partial charge in [-0.1, -0.05) is 46.6 Å². The summed E-state index contributed by atoms with van der Waals surface area (Å²) < 4.78 is 0. The lowest BCUT2D eigenvalue weighted by Crippen LogP contribution is -1.90. The van der Waals surface area contributed by atoms with E-state index in [1.54, 1.807) is 24.5 Å². The Morgan fingerprint density at radius 3 is 2.41 bits per heavy atom. The monoisotopic (exact) mass is 304 g/mol. The molecule has 1 heterocycles. The highest BCUT2D eigenvalue weighted by molar-refractivity contribution is 7.99. The Morgan fingerprint density at radius 1 is 1.00 bits per heavy atom. The lowest BCUT2D eigenvalue weighted by molar-refractivity contribution is 1.27. The molecule has 6 heteroatoms. The van der Waals surface area contributed by atoms with Gasteiger partial charge in [-0.3, -0.25) is 4.98 Å². The van der Waals surface area contributed by atoms with Crippen molar-refractivity contribution in [2.45, 2.75) is 9.79 Å². The van der Waals surface area contributed by atoms with Crippen LogP contribution < -0.4 is 5.73 Å². The third kappa shape index (κ3) is 2.99. The molecule has 1 aromatic heterocycles. The number of rotatable bonds is 2. The minimum Gasteiger partial charge on any atom is -0.397 e. The third-order valence-electron chi connectivity index (χ3n) is 1.99. The van der Waals surface area contributed by atoms with Crippen molar-refractivity contribution >= 4 is 52.3 Å². The van der Waals surface area contributed by atoms with E-state index in [1.165, 1.54) is 11.8 Å². The summed E-state index contributed by atoms with van der Waals surface area (Å²) in [5, 5.41) is 1.53. The number of nitrogens with two attached hydrogens (primary N) is 1. The van der Waals surface area contributed by atoms with Crippen LogP contribution in [-0.2, 0) is 0 Å². The topological polar surface area (TPSA) is 38.9 Å². The summed E-state index contributed by atoms with van der Waals surface area (Å²) in [5.41, 5.74) is 6.35. The second-order valence-corrected chi connectivity index (χ2v) is 5.52. The highest BCUT2D eigenvalue weighted by Gasteiger charge is 2.08. The summed E-state index contributed by atoms with van der Waals surface area (Å²) in [6.07, 6.45) is 3.11. The number of nitrogen functional groups attached to an aromatic ring is 1. The van der Waals surface area contributed by atoms with Gasteiger partial charge >= 0.3 is 0 Å². The Hall–Kier alpha value is -0.610. The van der Waals surface area contributed by atoms with Gasteiger partial charge in [0.25, 0.3) is 0 Å². The molecule has 0 spiro atoms. The Labute approximate surface area is 118 Å². The summed E-state index contributed by atoms with van der Waals surface area (Å²) in [6, 6.07) is 5.36. The molecule has 0 aliphatic carbocycles. The van der Waals surface area contributed by atoms with E-state index < -0.39 is 0 Å². The van der Waals surface area contributed by atoms with Crippen molar-refractivity contribution in [1.82, 2.24) is 4.98 Å². The van der Waals surface area contributed by atoms with Crippen LogP contribution in [0.25, 0.3) is 0 Å². The quantitative estimate of drug-likeness (QED) is 0.868. The van der Waals surface area contributed by atoms with Crippen molar-refractivity contribution < 1.29 is 0 Å². The van der Waals surface area contributed by atoms with Gasteiger partial charge in [0.05, 0.1) is 31.8 Å². The molecule has 0 aliphatic heterocycles. The lowest BCUT2D eigenvalue weighted by atomic mass is 10.4. The Balaban J connectivity index is 2.35. The fourth-order valence-electron chi connectivity index (χ4n) is 1.20. The first-order valence-electron chi connectivity index (χ1n) is 4.60. The maximum absolute atomic E-state index is 6.03. The lowest BCUT2D eigenvalue weighted by Gasteiger charge is -2.07. The molecule has 88 valence electrons. The largest absolute Gasteiger partial charge is 0.397 e. The van der Waals surface area contributed by atoms with Gasteiger partial charge in [-0.05, 0) is 18.2 Å². The van der Waals surface area contributed by atoms with E-state index in [4.69, 9.17) is 40.5 Å². The van der Waals surface area contributed by atoms with Crippen LogP contribution in [0, 0.1) is 0 Å². The van der Waals surface area contributed by atoms with Gasteiger partial charge in [-0.2, -0.15) is 0 Å². The summed E-state index contributed by atoms with van der Waals surface area (Å²) in [4.78, 5) is 5.58. The van der Waals surface area contributed by atoms with E-state index in [0.717, 1.165) is 9.79 Å². The predicted molar refractivity (Wildman–Crippen MR) is 74.2 cm³/mol. The van der Waals surface area contributed by atoms with Crippen molar-refractivity contribution in [2.75, 3.05) is 5.73 Å². The van der Waals surface area contributed by atoms with Gasteiger partial charge in [-0.15, -0.1) is 0 Å².